The van der Waals surface area contributed by atoms with Gasteiger partial charge in [0.25, 0.3) is 5.91 Å². The van der Waals surface area contributed by atoms with Gasteiger partial charge in [0.05, 0.1) is 0 Å². The molecular weight excluding hydrogens is 244 g/mol. The minimum absolute atomic E-state index is 0.0259. The van der Waals surface area contributed by atoms with Crippen molar-refractivity contribution in [3.05, 3.63) is 29.8 Å². The van der Waals surface area contributed by atoms with Gasteiger partial charge in [-0.3, -0.25) is 4.79 Å². The van der Waals surface area contributed by atoms with Gasteiger partial charge in [0, 0.05) is 29.6 Å². The molecule has 3 nitrogen and oxygen atoms in total. The Morgan fingerprint density at radius 2 is 2.00 bits per heavy atom. The van der Waals surface area contributed by atoms with E-state index in [0.29, 0.717) is 4.75 Å². The highest BCUT2D eigenvalue weighted by Gasteiger charge is 2.36. The highest BCUT2D eigenvalue weighted by atomic mass is 32.2. The highest BCUT2D eigenvalue weighted by molar-refractivity contribution is 8.00. The van der Waals surface area contributed by atoms with E-state index in [1.165, 1.54) is 19.3 Å². The van der Waals surface area contributed by atoms with Gasteiger partial charge in [-0.05, 0) is 43.4 Å². The molecule has 2 N–H and O–H groups in total. The molecule has 1 aromatic carbocycles. The average Bonchev–Trinajstić information content (AvgIpc) is 2.38. The molecule has 1 saturated carbocycles. The maximum absolute atomic E-state index is 12.0. The fraction of sp³-hybridized carbons (Fsp3) is 0.500. The van der Waals surface area contributed by atoms with Crippen molar-refractivity contribution in [3.63, 3.8) is 0 Å². The Morgan fingerprint density at radius 3 is 2.44 bits per heavy atom. The summed E-state index contributed by atoms with van der Waals surface area (Å²) >= 11 is 1.88. The Morgan fingerprint density at radius 1 is 1.33 bits per heavy atom. The molecule has 0 aliphatic heterocycles. The Balaban J connectivity index is 1.90. The number of rotatable bonds is 5. The summed E-state index contributed by atoms with van der Waals surface area (Å²) in [7, 11) is 1.87. The third-order valence-corrected chi connectivity index (χ3v) is 5.12. The van der Waals surface area contributed by atoms with Gasteiger partial charge in [-0.15, -0.1) is 0 Å². The van der Waals surface area contributed by atoms with Crippen LogP contribution < -0.4 is 10.6 Å². The van der Waals surface area contributed by atoms with Crippen LogP contribution in [0, 0.1) is 0 Å². The molecule has 1 aliphatic rings. The van der Waals surface area contributed by atoms with Crippen LogP contribution in [0.2, 0.25) is 0 Å². The van der Waals surface area contributed by atoms with Gasteiger partial charge >= 0.3 is 0 Å². The van der Waals surface area contributed by atoms with Crippen LogP contribution in [0.5, 0.6) is 0 Å². The molecule has 4 heteroatoms. The first-order chi connectivity index (χ1) is 8.69. The van der Waals surface area contributed by atoms with E-state index in [4.69, 9.17) is 0 Å². The van der Waals surface area contributed by atoms with Crippen LogP contribution in [-0.2, 0) is 0 Å². The zero-order valence-corrected chi connectivity index (χ0v) is 11.8. The summed E-state index contributed by atoms with van der Waals surface area (Å²) in [5.74, 6) is 0.0259. The van der Waals surface area contributed by atoms with Gasteiger partial charge in [0.2, 0.25) is 0 Å². The zero-order valence-electron chi connectivity index (χ0n) is 11.0. The van der Waals surface area contributed by atoms with Crippen LogP contribution in [0.1, 0.15) is 29.6 Å². The van der Waals surface area contributed by atoms with Crippen LogP contribution in [0.15, 0.2) is 24.3 Å². The predicted octanol–water partition coefficient (Wildman–Crippen LogP) is 2.74. The lowest BCUT2D eigenvalue weighted by Gasteiger charge is -2.40. The van der Waals surface area contributed by atoms with Gasteiger partial charge in [-0.25, -0.2) is 0 Å². The minimum Gasteiger partial charge on any atom is -0.388 e. The second-order valence-corrected chi connectivity index (χ2v) is 6.02. The molecule has 0 heterocycles. The quantitative estimate of drug-likeness (QED) is 0.859. The summed E-state index contributed by atoms with van der Waals surface area (Å²) in [4.78, 5) is 12.0. The van der Waals surface area contributed by atoms with Crippen molar-refractivity contribution in [1.29, 1.82) is 0 Å². The maximum Gasteiger partial charge on any atom is 0.251 e. The van der Waals surface area contributed by atoms with Crippen molar-refractivity contribution in [2.45, 2.75) is 24.0 Å². The van der Waals surface area contributed by atoms with Crippen LogP contribution in [0.3, 0.4) is 0 Å². The lowest BCUT2D eigenvalue weighted by molar-refractivity contribution is 0.0944. The summed E-state index contributed by atoms with van der Waals surface area (Å²) in [5, 5.41) is 6.09. The lowest BCUT2D eigenvalue weighted by Crippen LogP contribution is -2.45. The third kappa shape index (κ3) is 2.80. The van der Waals surface area contributed by atoms with E-state index < -0.39 is 0 Å². The van der Waals surface area contributed by atoms with E-state index in [1.54, 1.807) is 0 Å². The Kier molecular flexibility index (Phi) is 4.17. The Bertz CT molecular complexity index is 407. The molecule has 0 atom stereocenters. The summed E-state index contributed by atoms with van der Waals surface area (Å²) in [6.45, 7) is 0.779. The molecule has 0 saturated heterocycles. The number of benzene rings is 1. The first kappa shape index (κ1) is 13.3. The molecule has 1 fully saturated rings. The lowest BCUT2D eigenvalue weighted by atomic mass is 9.84. The fourth-order valence-corrected chi connectivity index (χ4v) is 3.07. The molecule has 98 valence electrons. The van der Waals surface area contributed by atoms with Crippen molar-refractivity contribution < 1.29 is 4.79 Å². The van der Waals surface area contributed by atoms with Gasteiger partial charge < -0.3 is 10.6 Å². The van der Waals surface area contributed by atoms with Crippen molar-refractivity contribution in [2.24, 2.45) is 0 Å². The summed E-state index contributed by atoms with van der Waals surface area (Å²) in [5.41, 5.74) is 1.75. The fourth-order valence-electron chi connectivity index (χ4n) is 2.16. The molecule has 18 heavy (non-hydrogen) atoms. The first-order valence-corrected chi connectivity index (χ1v) is 7.53. The number of amides is 1. The van der Waals surface area contributed by atoms with E-state index in [1.807, 2.05) is 43.1 Å². The number of thioether (sulfide) groups is 1. The Labute approximate surface area is 113 Å². The standard InChI is InChI=1S/C14H20N2OS/c1-15-12-6-4-11(5-7-12)13(17)16-10-14(18-2)8-3-9-14/h4-7,15H,3,8-10H2,1-2H3,(H,16,17). The summed E-state index contributed by atoms with van der Waals surface area (Å²) in [6, 6.07) is 7.55. The van der Waals surface area contributed by atoms with E-state index in [9.17, 15) is 4.79 Å². The van der Waals surface area contributed by atoms with Crippen LogP contribution in [0.25, 0.3) is 0 Å². The molecule has 0 aromatic heterocycles. The smallest absolute Gasteiger partial charge is 0.251 e. The highest BCUT2D eigenvalue weighted by Crippen LogP contribution is 2.42. The normalized spacial score (nSPS) is 16.8. The van der Waals surface area contributed by atoms with Gasteiger partial charge in [-0.2, -0.15) is 11.8 Å². The van der Waals surface area contributed by atoms with Gasteiger partial charge in [0.1, 0.15) is 0 Å². The number of nitrogens with one attached hydrogen (secondary N) is 2. The maximum atomic E-state index is 12.0. The van der Waals surface area contributed by atoms with E-state index in [0.717, 1.165) is 17.8 Å². The molecule has 1 aliphatic carbocycles. The summed E-state index contributed by atoms with van der Waals surface area (Å²) < 4.78 is 0.292. The van der Waals surface area contributed by atoms with Gasteiger partial charge in [0.15, 0.2) is 0 Å². The number of hydrogen-bond donors (Lipinski definition) is 2. The second kappa shape index (κ2) is 5.65. The molecule has 1 aromatic rings. The molecular formula is C14H20N2OS. The third-order valence-electron chi connectivity index (χ3n) is 3.70. The van der Waals surface area contributed by atoms with E-state index in [2.05, 4.69) is 16.9 Å². The topological polar surface area (TPSA) is 41.1 Å². The van der Waals surface area contributed by atoms with E-state index in [-0.39, 0.29) is 5.91 Å². The van der Waals surface area contributed by atoms with Gasteiger partial charge in [-0.1, -0.05) is 6.42 Å². The monoisotopic (exact) mass is 264 g/mol. The number of anilines is 1. The van der Waals surface area contributed by atoms with Crippen LogP contribution >= 0.6 is 11.8 Å². The van der Waals surface area contributed by atoms with Crippen molar-refractivity contribution >= 4 is 23.4 Å². The number of hydrogen-bond acceptors (Lipinski definition) is 3. The molecule has 0 spiro atoms. The number of carbonyl (C=O) groups excluding carboxylic acids is 1. The zero-order chi connectivity index (χ0) is 13.0. The van der Waals surface area contributed by atoms with Crippen molar-refractivity contribution in [2.75, 3.05) is 25.2 Å². The van der Waals surface area contributed by atoms with E-state index >= 15 is 0 Å². The predicted molar refractivity (Wildman–Crippen MR) is 78.4 cm³/mol. The van der Waals surface area contributed by atoms with Crippen LogP contribution in [0.4, 0.5) is 5.69 Å². The molecule has 0 radical (unpaired) electrons. The molecule has 0 unspecified atom stereocenters. The largest absolute Gasteiger partial charge is 0.388 e. The minimum atomic E-state index is 0.0259. The van der Waals surface area contributed by atoms with Crippen molar-refractivity contribution in [3.8, 4) is 0 Å². The Hall–Kier alpha value is -1.16. The molecule has 0 bridgehead atoms. The molecule has 1 amide bonds. The first-order valence-electron chi connectivity index (χ1n) is 6.30. The van der Waals surface area contributed by atoms with Crippen molar-refractivity contribution in [1.82, 2.24) is 5.32 Å². The molecule has 2 rings (SSSR count). The average molecular weight is 264 g/mol. The van der Waals surface area contributed by atoms with Crippen LogP contribution in [-0.4, -0.2) is 30.5 Å². The number of carbonyl (C=O) groups is 1. The SMILES string of the molecule is CNc1ccc(C(=O)NCC2(SC)CCC2)cc1. The second-order valence-electron chi connectivity index (χ2n) is 4.75. The summed E-state index contributed by atoms with van der Waals surface area (Å²) in [6.07, 6.45) is 5.85.